The van der Waals surface area contributed by atoms with E-state index in [0.717, 1.165) is 31.9 Å². The van der Waals surface area contributed by atoms with Gasteiger partial charge in [0.25, 0.3) is 0 Å². The molecule has 0 aromatic heterocycles. The molecule has 1 atom stereocenters. The molecule has 0 amide bonds. The smallest absolute Gasteiger partial charge is 0.142 e. The number of fused-ring (bicyclic) bond motifs is 1. The molecule has 0 saturated carbocycles. The zero-order chi connectivity index (χ0) is 12.8. The molecule has 1 aromatic carbocycles. The second-order valence-electron chi connectivity index (χ2n) is 4.86. The Morgan fingerprint density at radius 3 is 3.00 bits per heavy atom. The molecule has 0 fully saturated rings. The van der Waals surface area contributed by atoms with Crippen molar-refractivity contribution in [1.82, 2.24) is 5.32 Å². The molecule has 0 radical (unpaired) electrons. The van der Waals surface area contributed by atoms with Crippen LogP contribution >= 0.6 is 0 Å². The van der Waals surface area contributed by atoms with E-state index in [1.165, 1.54) is 18.5 Å². The Kier molecular flexibility index (Phi) is 4.88. The molecule has 0 aliphatic carbocycles. The fourth-order valence-corrected chi connectivity index (χ4v) is 2.67. The van der Waals surface area contributed by atoms with Gasteiger partial charge in [-0.3, -0.25) is 0 Å². The van der Waals surface area contributed by atoms with E-state index < -0.39 is 0 Å². The van der Waals surface area contributed by atoms with Crippen molar-refractivity contribution >= 4 is 5.69 Å². The maximum atomic E-state index is 5.82. The molecule has 1 aromatic rings. The number of para-hydroxylation sites is 2. The minimum atomic E-state index is 0.558. The van der Waals surface area contributed by atoms with Gasteiger partial charge in [0, 0.05) is 19.1 Å². The summed E-state index contributed by atoms with van der Waals surface area (Å²) in [6.07, 6.45) is 3.53. The summed E-state index contributed by atoms with van der Waals surface area (Å²) < 4.78 is 5.82. The van der Waals surface area contributed by atoms with E-state index in [0.29, 0.717) is 6.04 Å². The molecule has 18 heavy (non-hydrogen) atoms. The van der Waals surface area contributed by atoms with Crippen molar-refractivity contribution in [3.8, 4) is 5.75 Å². The molecule has 0 spiro atoms. The van der Waals surface area contributed by atoms with Crippen LogP contribution in [-0.4, -0.2) is 32.8 Å². The molecule has 1 aliphatic rings. The highest BCUT2D eigenvalue weighted by molar-refractivity contribution is 5.59. The van der Waals surface area contributed by atoms with Crippen LogP contribution in [0.25, 0.3) is 0 Å². The number of anilines is 1. The van der Waals surface area contributed by atoms with Gasteiger partial charge < -0.3 is 15.0 Å². The standard InChI is InChI=1S/C15H24N2O/c1-3-7-13(12-16-2)17-10-6-11-18-15-9-5-4-8-14(15)17/h4-5,8-9,13,16H,3,6-7,10-12H2,1-2H3. The van der Waals surface area contributed by atoms with Crippen molar-refractivity contribution in [2.75, 3.05) is 31.6 Å². The minimum Gasteiger partial charge on any atom is -0.491 e. The Morgan fingerprint density at radius 1 is 1.39 bits per heavy atom. The van der Waals surface area contributed by atoms with Crippen LogP contribution < -0.4 is 15.0 Å². The Hall–Kier alpha value is -1.22. The van der Waals surface area contributed by atoms with Gasteiger partial charge in [-0.15, -0.1) is 0 Å². The topological polar surface area (TPSA) is 24.5 Å². The van der Waals surface area contributed by atoms with E-state index >= 15 is 0 Å². The molecule has 1 aliphatic heterocycles. The van der Waals surface area contributed by atoms with Crippen molar-refractivity contribution in [3.63, 3.8) is 0 Å². The van der Waals surface area contributed by atoms with Crippen molar-refractivity contribution in [1.29, 1.82) is 0 Å². The average molecular weight is 248 g/mol. The van der Waals surface area contributed by atoms with Crippen LogP contribution in [0.15, 0.2) is 24.3 Å². The lowest BCUT2D eigenvalue weighted by Crippen LogP contribution is -2.42. The van der Waals surface area contributed by atoms with Crippen molar-refractivity contribution in [3.05, 3.63) is 24.3 Å². The van der Waals surface area contributed by atoms with E-state index in [-0.39, 0.29) is 0 Å². The number of benzene rings is 1. The fraction of sp³-hybridized carbons (Fsp3) is 0.600. The van der Waals surface area contributed by atoms with Gasteiger partial charge in [-0.1, -0.05) is 25.5 Å². The zero-order valence-electron chi connectivity index (χ0n) is 11.5. The maximum absolute atomic E-state index is 5.82. The van der Waals surface area contributed by atoms with Crippen LogP contribution in [0.2, 0.25) is 0 Å². The first kappa shape index (κ1) is 13.2. The third kappa shape index (κ3) is 2.96. The normalized spacial score (nSPS) is 16.7. The SMILES string of the molecule is CCCC(CNC)N1CCCOc2ccccc21. The summed E-state index contributed by atoms with van der Waals surface area (Å²) in [4.78, 5) is 2.52. The number of hydrogen-bond acceptors (Lipinski definition) is 3. The molecule has 3 nitrogen and oxygen atoms in total. The molecule has 3 heteroatoms. The highest BCUT2D eigenvalue weighted by Crippen LogP contribution is 2.32. The lowest BCUT2D eigenvalue weighted by Gasteiger charge is -2.33. The predicted octanol–water partition coefficient (Wildman–Crippen LogP) is 2.66. The second-order valence-corrected chi connectivity index (χ2v) is 4.86. The van der Waals surface area contributed by atoms with E-state index in [1.807, 2.05) is 7.05 Å². The summed E-state index contributed by atoms with van der Waals surface area (Å²) >= 11 is 0. The van der Waals surface area contributed by atoms with Gasteiger partial charge in [-0.2, -0.15) is 0 Å². The quantitative estimate of drug-likeness (QED) is 0.867. The number of ether oxygens (including phenoxy) is 1. The molecule has 0 bridgehead atoms. The predicted molar refractivity (Wildman–Crippen MR) is 76.5 cm³/mol. The lowest BCUT2D eigenvalue weighted by molar-refractivity contribution is 0.322. The number of hydrogen-bond donors (Lipinski definition) is 1. The highest BCUT2D eigenvalue weighted by atomic mass is 16.5. The van der Waals surface area contributed by atoms with Gasteiger partial charge in [0.2, 0.25) is 0 Å². The first-order valence-corrected chi connectivity index (χ1v) is 7.00. The molecule has 2 rings (SSSR count). The Morgan fingerprint density at radius 2 is 2.22 bits per heavy atom. The summed E-state index contributed by atoms with van der Waals surface area (Å²) in [7, 11) is 2.03. The molecule has 1 heterocycles. The monoisotopic (exact) mass is 248 g/mol. The van der Waals surface area contributed by atoms with Crippen molar-refractivity contribution in [2.24, 2.45) is 0 Å². The van der Waals surface area contributed by atoms with Crippen LogP contribution in [0.3, 0.4) is 0 Å². The second kappa shape index (κ2) is 6.64. The van der Waals surface area contributed by atoms with Crippen molar-refractivity contribution < 1.29 is 4.74 Å². The number of likely N-dealkylation sites (N-methyl/N-ethyl adjacent to an activating group) is 1. The third-order valence-corrected chi connectivity index (χ3v) is 3.48. The van der Waals surface area contributed by atoms with E-state index in [4.69, 9.17) is 4.74 Å². The van der Waals surface area contributed by atoms with Crippen LogP contribution in [0.4, 0.5) is 5.69 Å². The van der Waals surface area contributed by atoms with Gasteiger partial charge in [-0.25, -0.2) is 0 Å². The minimum absolute atomic E-state index is 0.558. The highest BCUT2D eigenvalue weighted by Gasteiger charge is 2.22. The fourth-order valence-electron chi connectivity index (χ4n) is 2.67. The van der Waals surface area contributed by atoms with Gasteiger partial charge >= 0.3 is 0 Å². The van der Waals surface area contributed by atoms with Gasteiger partial charge in [-0.05, 0) is 32.0 Å². The van der Waals surface area contributed by atoms with Gasteiger partial charge in [0.05, 0.1) is 12.3 Å². The van der Waals surface area contributed by atoms with E-state index in [9.17, 15) is 0 Å². The summed E-state index contributed by atoms with van der Waals surface area (Å²) in [6, 6.07) is 8.97. The maximum Gasteiger partial charge on any atom is 0.142 e. The van der Waals surface area contributed by atoms with E-state index in [2.05, 4.69) is 41.4 Å². The Labute approximate surface area is 110 Å². The number of nitrogens with zero attached hydrogens (tertiary/aromatic N) is 1. The Bertz CT molecular complexity index is 361. The number of nitrogens with one attached hydrogen (secondary N) is 1. The van der Waals surface area contributed by atoms with Crippen LogP contribution in [0.5, 0.6) is 5.75 Å². The molecular weight excluding hydrogens is 224 g/mol. The molecular formula is C15H24N2O. The summed E-state index contributed by atoms with van der Waals surface area (Å²) in [5.74, 6) is 1.03. The van der Waals surface area contributed by atoms with Crippen LogP contribution in [0.1, 0.15) is 26.2 Å². The van der Waals surface area contributed by atoms with Gasteiger partial charge in [0.15, 0.2) is 0 Å². The third-order valence-electron chi connectivity index (χ3n) is 3.48. The number of rotatable bonds is 5. The first-order chi connectivity index (χ1) is 8.86. The first-order valence-electron chi connectivity index (χ1n) is 7.00. The molecule has 1 N–H and O–H groups in total. The van der Waals surface area contributed by atoms with E-state index in [1.54, 1.807) is 0 Å². The van der Waals surface area contributed by atoms with Crippen LogP contribution in [-0.2, 0) is 0 Å². The largest absolute Gasteiger partial charge is 0.491 e. The molecule has 100 valence electrons. The summed E-state index contributed by atoms with van der Waals surface area (Å²) in [5.41, 5.74) is 1.25. The Balaban J connectivity index is 2.24. The molecule has 1 unspecified atom stereocenters. The van der Waals surface area contributed by atoms with Gasteiger partial charge in [0.1, 0.15) is 5.75 Å². The zero-order valence-corrected chi connectivity index (χ0v) is 11.5. The van der Waals surface area contributed by atoms with Crippen LogP contribution in [0, 0.1) is 0 Å². The summed E-state index contributed by atoms with van der Waals surface area (Å²) in [6.45, 7) is 5.19. The average Bonchev–Trinajstić information content (AvgIpc) is 2.61. The lowest BCUT2D eigenvalue weighted by atomic mass is 10.1. The van der Waals surface area contributed by atoms with Crippen molar-refractivity contribution in [2.45, 2.75) is 32.2 Å². The summed E-state index contributed by atoms with van der Waals surface area (Å²) in [5, 5.41) is 3.32. The molecule has 0 saturated heterocycles.